The molecule has 0 radical (unpaired) electrons. The second-order valence-corrected chi connectivity index (χ2v) is 7.87. The van der Waals surface area contributed by atoms with Gasteiger partial charge in [-0.05, 0) is 36.4 Å². The van der Waals surface area contributed by atoms with E-state index in [0.717, 1.165) is 6.07 Å². The van der Waals surface area contributed by atoms with E-state index >= 15 is 0 Å². The van der Waals surface area contributed by atoms with Crippen LogP contribution in [0, 0.1) is 16.8 Å². The second kappa shape index (κ2) is 10.0. The van der Waals surface area contributed by atoms with Crippen LogP contribution in [0.3, 0.4) is 0 Å². The largest absolute Gasteiger partial charge is 0.618 e. The number of benzene rings is 2. The lowest BCUT2D eigenvalue weighted by molar-refractivity contribution is -0.616. The van der Waals surface area contributed by atoms with Gasteiger partial charge in [-0.1, -0.05) is 34.4 Å². The molecular formula is C24H15Cl2F2N3O3. The van der Waals surface area contributed by atoms with Crippen molar-refractivity contribution in [3.63, 3.8) is 0 Å². The molecule has 2 aromatic heterocycles. The number of aromatic nitrogens is 2. The van der Waals surface area contributed by atoms with E-state index in [1.54, 1.807) is 36.4 Å². The summed E-state index contributed by atoms with van der Waals surface area (Å²) in [6.45, 7) is -0.216. The van der Waals surface area contributed by atoms with E-state index in [1.807, 2.05) is 0 Å². The Balaban J connectivity index is 1.82. The molecule has 0 saturated carbocycles. The molecular weight excluding hydrogens is 487 g/mol. The topological polar surface area (TPSA) is 70.5 Å². The molecule has 0 fully saturated rings. The van der Waals surface area contributed by atoms with Gasteiger partial charge in [0.15, 0.2) is 6.20 Å². The SMILES string of the molecule is O=c1ccc(C(=NOCc2cccc[n+]2[O-])c2ccc(F)cc2F)cn1-c1c(Cl)cccc1Cl. The van der Waals surface area contributed by atoms with Gasteiger partial charge in [-0.25, -0.2) is 8.78 Å². The molecule has 0 unspecified atom stereocenters. The average molecular weight is 502 g/mol. The first kappa shape index (κ1) is 23.4. The second-order valence-electron chi connectivity index (χ2n) is 7.05. The fourth-order valence-corrected chi connectivity index (χ4v) is 3.78. The van der Waals surface area contributed by atoms with Crippen molar-refractivity contribution in [3.8, 4) is 5.69 Å². The molecule has 0 saturated heterocycles. The lowest BCUT2D eigenvalue weighted by atomic mass is 10.0. The highest BCUT2D eigenvalue weighted by molar-refractivity contribution is 6.37. The first-order valence-corrected chi connectivity index (χ1v) is 10.6. The zero-order valence-electron chi connectivity index (χ0n) is 17.3. The zero-order chi connectivity index (χ0) is 24.2. The van der Waals surface area contributed by atoms with Crippen molar-refractivity contribution in [2.24, 2.45) is 5.16 Å². The highest BCUT2D eigenvalue weighted by atomic mass is 35.5. The number of hydrogen-bond acceptors (Lipinski definition) is 4. The summed E-state index contributed by atoms with van der Waals surface area (Å²) in [5, 5.41) is 16.3. The summed E-state index contributed by atoms with van der Waals surface area (Å²) in [5.41, 5.74) is 0.175. The predicted molar refractivity (Wildman–Crippen MR) is 124 cm³/mol. The first-order valence-electron chi connectivity index (χ1n) is 9.85. The van der Waals surface area contributed by atoms with Gasteiger partial charge in [-0.2, -0.15) is 4.73 Å². The van der Waals surface area contributed by atoms with E-state index in [0.29, 0.717) is 10.8 Å². The summed E-state index contributed by atoms with van der Waals surface area (Å²) >= 11 is 12.5. The molecule has 0 amide bonds. The van der Waals surface area contributed by atoms with Gasteiger partial charge in [0.05, 0.1) is 15.7 Å². The van der Waals surface area contributed by atoms with Gasteiger partial charge in [-0.3, -0.25) is 9.36 Å². The van der Waals surface area contributed by atoms with E-state index in [4.69, 9.17) is 28.0 Å². The molecule has 0 aliphatic rings. The minimum atomic E-state index is -0.894. The van der Waals surface area contributed by atoms with Crippen LogP contribution in [0.5, 0.6) is 0 Å². The van der Waals surface area contributed by atoms with Crippen LogP contribution in [0.2, 0.25) is 10.0 Å². The fourth-order valence-electron chi connectivity index (χ4n) is 3.20. The molecule has 6 nitrogen and oxygen atoms in total. The molecule has 0 aliphatic carbocycles. The summed E-state index contributed by atoms with van der Waals surface area (Å²) in [5.74, 6) is -1.67. The highest BCUT2D eigenvalue weighted by Crippen LogP contribution is 2.27. The molecule has 4 rings (SSSR count). The molecule has 172 valence electrons. The zero-order valence-corrected chi connectivity index (χ0v) is 18.8. The van der Waals surface area contributed by atoms with E-state index in [1.165, 1.54) is 35.2 Å². The summed E-state index contributed by atoms with van der Waals surface area (Å²) in [6, 6.07) is 15.1. The first-order chi connectivity index (χ1) is 16.3. The third-order valence-corrected chi connectivity index (χ3v) is 5.43. The van der Waals surface area contributed by atoms with E-state index in [-0.39, 0.29) is 44.9 Å². The number of pyridine rings is 2. The summed E-state index contributed by atoms with van der Waals surface area (Å²) in [4.78, 5) is 17.9. The normalized spacial score (nSPS) is 11.5. The highest BCUT2D eigenvalue weighted by Gasteiger charge is 2.18. The molecule has 0 bridgehead atoms. The van der Waals surface area contributed by atoms with Crippen molar-refractivity contribution < 1.29 is 18.3 Å². The molecule has 34 heavy (non-hydrogen) atoms. The summed E-state index contributed by atoms with van der Waals surface area (Å²) in [6.07, 6.45) is 2.67. The Morgan fingerprint density at radius 2 is 1.79 bits per heavy atom. The standard InChI is InChI=1S/C24H15Cl2F2N3O3/c25-19-5-3-6-20(26)24(19)30-13-15(7-10-22(30)32)23(18-9-8-16(27)12-21(18)28)29-34-14-17-4-1-2-11-31(17)33/h1-13H,14H2. The van der Waals surface area contributed by atoms with Crippen LogP contribution < -0.4 is 10.3 Å². The van der Waals surface area contributed by atoms with Crippen molar-refractivity contribution in [2.45, 2.75) is 6.61 Å². The number of nitrogens with zero attached hydrogens (tertiary/aromatic N) is 3. The Kier molecular flexibility index (Phi) is 6.90. The molecule has 2 heterocycles. The van der Waals surface area contributed by atoms with Gasteiger partial charge in [0.25, 0.3) is 5.56 Å². The number of oxime groups is 1. The quantitative estimate of drug-likeness (QED) is 0.161. The number of halogens is 4. The van der Waals surface area contributed by atoms with Crippen LogP contribution >= 0.6 is 23.2 Å². The van der Waals surface area contributed by atoms with Crippen LogP contribution in [0.15, 0.2) is 89.1 Å². The molecule has 0 spiro atoms. The van der Waals surface area contributed by atoms with Gasteiger partial charge in [0.1, 0.15) is 17.3 Å². The number of para-hydroxylation sites is 1. The van der Waals surface area contributed by atoms with Crippen LogP contribution in [-0.4, -0.2) is 10.3 Å². The summed E-state index contributed by atoms with van der Waals surface area (Å²) in [7, 11) is 0. The molecule has 10 heteroatoms. The van der Waals surface area contributed by atoms with Crippen molar-refractivity contribution in [2.75, 3.05) is 0 Å². The van der Waals surface area contributed by atoms with E-state index in [9.17, 15) is 18.8 Å². The van der Waals surface area contributed by atoms with Gasteiger partial charge in [0, 0.05) is 41.6 Å². The predicted octanol–water partition coefficient (Wildman–Crippen LogP) is 5.03. The summed E-state index contributed by atoms with van der Waals surface area (Å²) < 4.78 is 30.0. The van der Waals surface area contributed by atoms with Gasteiger partial charge in [0.2, 0.25) is 12.3 Å². The minimum Gasteiger partial charge on any atom is -0.618 e. The van der Waals surface area contributed by atoms with Crippen LogP contribution in [0.1, 0.15) is 16.8 Å². The van der Waals surface area contributed by atoms with Gasteiger partial charge < -0.3 is 10.0 Å². The molecule has 0 aliphatic heterocycles. The maximum atomic E-state index is 14.7. The Morgan fingerprint density at radius 3 is 2.50 bits per heavy atom. The molecule has 4 aromatic rings. The van der Waals surface area contributed by atoms with E-state index < -0.39 is 17.2 Å². The van der Waals surface area contributed by atoms with Crippen molar-refractivity contribution in [1.82, 2.24) is 4.57 Å². The van der Waals surface area contributed by atoms with E-state index in [2.05, 4.69) is 5.16 Å². The van der Waals surface area contributed by atoms with Crippen LogP contribution in [0.4, 0.5) is 8.78 Å². The third-order valence-electron chi connectivity index (χ3n) is 4.82. The Labute approximate surface area is 202 Å². The fraction of sp³-hybridized carbons (Fsp3) is 0.0417. The Bertz CT molecular complexity index is 1440. The molecule has 2 aromatic carbocycles. The van der Waals surface area contributed by atoms with Gasteiger partial charge in [-0.15, -0.1) is 0 Å². The lowest BCUT2D eigenvalue weighted by Gasteiger charge is -2.13. The van der Waals surface area contributed by atoms with Crippen molar-refractivity contribution in [1.29, 1.82) is 0 Å². The van der Waals surface area contributed by atoms with Crippen molar-refractivity contribution in [3.05, 3.63) is 133 Å². The van der Waals surface area contributed by atoms with Crippen molar-refractivity contribution >= 4 is 28.9 Å². The monoisotopic (exact) mass is 501 g/mol. The number of hydrogen-bond donors (Lipinski definition) is 0. The average Bonchev–Trinajstić information content (AvgIpc) is 2.80. The maximum Gasteiger partial charge on any atom is 0.255 e. The Morgan fingerprint density at radius 1 is 1.03 bits per heavy atom. The number of rotatable bonds is 6. The lowest BCUT2D eigenvalue weighted by Crippen LogP contribution is -2.31. The molecule has 0 atom stereocenters. The smallest absolute Gasteiger partial charge is 0.255 e. The molecule has 0 N–H and O–H groups in total. The van der Waals surface area contributed by atoms with Crippen LogP contribution in [0.25, 0.3) is 5.69 Å². The van der Waals surface area contributed by atoms with Gasteiger partial charge >= 0.3 is 0 Å². The van der Waals surface area contributed by atoms with Crippen LogP contribution in [-0.2, 0) is 11.4 Å². The maximum absolute atomic E-state index is 14.7. The minimum absolute atomic E-state index is 0.0391. The Hall–Kier alpha value is -3.75. The third kappa shape index (κ3) is 4.93.